The number of oxime groups is 1. The number of aliphatic hydroxyl groups is 1. The van der Waals surface area contributed by atoms with Crippen LogP contribution in [0.15, 0.2) is 5.16 Å². The van der Waals surface area contributed by atoms with E-state index in [1.165, 1.54) is 0 Å². The lowest BCUT2D eigenvalue weighted by Crippen LogP contribution is -2.45. The Hall–Kier alpha value is -1.10. The second kappa shape index (κ2) is 4.61. The maximum absolute atomic E-state index is 11.4. The maximum Gasteiger partial charge on any atom is 0.359 e. The zero-order valence-corrected chi connectivity index (χ0v) is 9.32. The molecule has 0 saturated carbocycles. The molecular formula is C10H17NO4. The first-order chi connectivity index (χ1) is 7.11. The van der Waals surface area contributed by atoms with Crippen molar-refractivity contribution < 1.29 is 19.5 Å². The Morgan fingerprint density at radius 2 is 2.13 bits per heavy atom. The molecule has 0 spiro atoms. The molecule has 86 valence electrons. The van der Waals surface area contributed by atoms with E-state index in [1.54, 1.807) is 6.92 Å². The molecule has 5 nitrogen and oxygen atoms in total. The second-order valence-electron chi connectivity index (χ2n) is 3.46. The molecule has 1 rings (SSSR count). The van der Waals surface area contributed by atoms with E-state index < -0.39 is 17.7 Å². The highest BCUT2D eigenvalue weighted by Crippen LogP contribution is 2.31. The highest BCUT2D eigenvalue weighted by molar-refractivity contribution is 6.38. The van der Waals surface area contributed by atoms with Gasteiger partial charge in [0.05, 0.1) is 6.61 Å². The van der Waals surface area contributed by atoms with Crippen LogP contribution in [0.5, 0.6) is 0 Å². The summed E-state index contributed by atoms with van der Waals surface area (Å²) < 4.78 is 4.77. The molecule has 0 aromatic heterocycles. The van der Waals surface area contributed by atoms with Gasteiger partial charge in [0, 0.05) is 0 Å². The van der Waals surface area contributed by atoms with Crippen molar-refractivity contribution >= 4 is 11.7 Å². The molecule has 0 saturated heterocycles. The minimum Gasteiger partial charge on any atom is -0.461 e. The third-order valence-corrected chi connectivity index (χ3v) is 2.76. The largest absolute Gasteiger partial charge is 0.461 e. The molecule has 0 unspecified atom stereocenters. The summed E-state index contributed by atoms with van der Waals surface area (Å²) in [5.74, 6) is -0.603. The molecular weight excluding hydrogens is 198 g/mol. The summed E-state index contributed by atoms with van der Waals surface area (Å²) in [6.07, 6.45) is 0.195. The van der Waals surface area contributed by atoms with E-state index >= 15 is 0 Å². The number of hydrogen-bond donors (Lipinski definition) is 1. The van der Waals surface area contributed by atoms with Gasteiger partial charge in [0.1, 0.15) is 6.10 Å². The monoisotopic (exact) mass is 215 g/mol. The predicted octanol–water partition coefficient (Wildman–Crippen LogP) is 0.855. The van der Waals surface area contributed by atoms with Gasteiger partial charge in [-0.2, -0.15) is 0 Å². The number of carbonyl (C=O) groups excluding carboxylic acids is 1. The average Bonchev–Trinajstić information content (AvgIpc) is 2.57. The summed E-state index contributed by atoms with van der Waals surface area (Å²) in [7, 11) is 0. The van der Waals surface area contributed by atoms with E-state index in [2.05, 4.69) is 5.16 Å². The van der Waals surface area contributed by atoms with E-state index in [0.717, 1.165) is 0 Å². The van der Waals surface area contributed by atoms with Crippen LogP contribution >= 0.6 is 0 Å². The molecule has 1 atom stereocenters. The van der Waals surface area contributed by atoms with Crippen LogP contribution in [-0.4, -0.2) is 35.1 Å². The second-order valence-corrected chi connectivity index (χ2v) is 3.46. The third kappa shape index (κ3) is 1.97. The van der Waals surface area contributed by atoms with E-state index in [4.69, 9.17) is 9.57 Å². The van der Waals surface area contributed by atoms with Gasteiger partial charge in [-0.15, -0.1) is 0 Å². The molecule has 1 aliphatic rings. The van der Waals surface area contributed by atoms with Gasteiger partial charge < -0.3 is 14.7 Å². The van der Waals surface area contributed by atoms with E-state index in [-0.39, 0.29) is 12.3 Å². The van der Waals surface area contributed by atoms with Crippen molar-refractivity contribution in [2.75, 3.05) is 6.61 Å². The minimum absolute atomic E-state index is 0.0273. The van der Waals surface area contributed by atoms with Crippen molar-refractivity contribution in [1.29, 1.82) is 0 Å². The van der Waals surface area contributed by atoms with Crippen LogP contribution in [0.4, 0.5) is 0 Å². The van der Waals surface area contributed by atoms with Crippen LogP contribution in [0.3, 0.4) is 0 Å². The molecule has 0 fully saturated rings. The van der Waals surface area contributed by atoms with Gasteiger partial charge >= 0.3 is 5.97 Å². The summed E-state index contributed by atoms with van der Waals surface area (Å²) in [5.41, 5.74) is -0.789. The Labute approximate surface area is 89.1 Å². The smallest absolute Gasteiger partial charge is 0.359 e. The topological polar surface area (TPSA) is 68.1 Å². The fourth-order valence-corrected chi connectivity index (χ4v) is 1.61. The van der Waals surface area contributed by atoms with Gasteiger partial charge in [0.2, 0.25) is 0 Å². The van der Waals surface area contributed by atoms with Gasteiger partial charge in [0.25, 0.3) is 0 Å². The molecule has 0 bridgehead atoms. The summed E-state index contributed by atoms with van der Waals surface area (Å²) >= 11 is 0. The number of hydrogen-bond acceptors (Lipinski definition) is 5. The summed E-state index contributed by atoms with van der Waals surface area (Å²) in [6, 6.07) is 0. The highest BCUT2D eigenvalue weighted by atomic mass is 16.7. The van der Waals surface area contributed by atoms with Crippen LogP contribution in [0, 0.1) is 0 Å². The van der Waals surface area contributed by atoms with Crippen LogP contribution in [-0.2, 0) is 14.4 Å². The Morgan fingerprint density at radius 1 is 1.53 bits per heavy atom. The van der Waals surface area contributed by atoms with Gasteiger partial charge in [-0.05, 0) is 19.8 Å². The number of ether oxygens (including phenoxy) is 1. The summed E-state index contributed by atoms with van der Waals surface area (Å²) in [5, 5.41) is 13.6. The van der Waals surface area contributed by atoms with Crippen molar-refractivity contribution in [2.45, 2.75) is 45.3 Å². The Balaban J connectivity index is 2.77. The summed E-state index contributed by atoms with van der Waals surface area (Å²) in [4.78, 5) is 16.6. The van der Waals surface area contributed by atoms with Crippen molar-refractivity contribution in [2.24, 2.45) is 5.16 Å². The fraction of sp³-hybridized carbons (Fsp3) is 0.800. The molecule has 1 N–H and O–H groups in total. The van der Waals surface area contributed by atoms with Crippen LogP contribution in [0.25, 0.3) is 0 Å². The standard InChI is InChI=1S/C10H17NO4/c1-4-10(5-2)8(12)7(11-15-10)9(13)14-6-3/h8,12H,4-6H2,1-3H3/t8-/m0/s1. The highest BCUT2D eigenvalue weighted by Gasteiger charge is 2.48. The predicted molar refractivity (Wildman–Crippen MR) is 54.5 cm³/mol. The Kier molecular flexibility index (Phi) is 3.68. The first kappa shape index (κ1) is 12.0. The molecule has 1 heterocycles. The normalized spacial score (nSPS) is 23.2. The lowest BCUT2D eigenvalue weighted by molar-refractivity contribution is -0.135. The van der Waals surface area contributed by atoms with Crippen molar-refractivity contribution in [3.8, 4) is 0 Å². The first-order valence-corrected chi connectivity index (χ1v) is 5.22. The van der Waals surface area contributed by atoms with E-state index in [1.807, 2.05) is 13.8 Å². The zero-order chi connectivity index (χ0) is 11.5. The SMILES string of the molecule is CCOC(=O)C1=NOC(CC)(CC)[C@H]1O. The molecule has 0 aromatic carbocycles. The zero-order valence-electron chi connectivity index (χ0n) is 9.32. The Morgan fingerprint density at radius 3 is 2.53 bits per heavy atom. The van der Waals surface area contributed by atoms with Gasteiger partial charge in [-0.3, -0.25) is 0 Å². The fourth-order valence-electron chi connectivity index (χ4n) is 1.61. The molecule has 0 aromatic rings. The number of aliphatic hydroxyl groups excluding tert-OH is 1. The van der Waals surface area contributed by atoms with Crippen LogP contribution < -0.4 is 0 Å². The van der Waals surface area contributed by atoms with Crippen molar-refractivity contribution in [1.82, 2.24) is 0 Å². The molecule has 5 heteroatoms. The minimum atomic E-state index is -0.994. The lowest BCUT2D eigenvalue weighted by Gasteiger charge is -2.26. The molecule has 1 aliphatic heterocycles. The van der Waals surface area contributed by atoms with Gasteiger partial charge in [-0.1, -0.05) is 19.0 Å². The molecule has 0 aliphatic carbocycles. The number of esters is 1. The van der Waals surface area contributed by atoms with Crippen molar-refractivity contribution in [3.63, 3.8) is 0 Å². The lowest BCUT2D eigenvalue weighted by atomic mass is 9.88. The molecule has 0 radical (unpaired) electrons. The maximum atomic E-state index is 11.4. The van der Waals surface area contributed by atoms with Gasteiger partial charge in [-0.25, -0.2) is 4.79 Å². The number of nitrogens with zero attached hydrogens (tertiary/aromatic N) is 1. The quantitative estimate of drug-likeness (QED) is 0.706. The molecule has 15 heavy (non-hydrogen) atoms. The Bertz CT molecular complexity index is 271. The van der Waals surface area contributed by atoms with E-state index in [9.17, 15) is 9.90 Å². The number of carbonyl (C=O) groups is 1. The molecule has 0 amide bonds. The van der Waals surface area contributed by atoms with Gasteiger partial charge in [0.15, 0.2) is 11.3 Å². The van der Waals surface area contributed by atoms with Crippen molar-refractivity contribution in [3.05, 3.63) is 0 Å². The third-order valence-electron chi connectivity index (χ3n) is 2.76. The average molecular weight is 215 g/mol. The summed E-state index contributed by atoms with van der Waals surface area (Å²) in [6.45, 7) is 5.73. The van der Waals surface area contributed by atoms with Crippen LogP contribution in [0.1, 0.15) is 33.6 Å². The first-order valence-electron chi connectivity index (χ1n) is 5.22. The van der Waals surface area contributed by atoms with E-state index in [0.29, 0.717) is 12.8 Å². The number of rotatable bonds is 4. The van der Waals surface area contributed by atoms with Crippen LogP contribution in [0.2, 0.25) is 0 Å².